The van der Waals surface area contributed by atoms with Crippen LogP contribution in [-0.2, 0) is 16.4 Å². The summed E-state index contributed by atoms with van der Waals surface area (Å²) in [5.74, 6) is 2.51. The minimum absolute atomic E-state index is 0.549. The molecular formula is C10H11NO2S. The number of benzene rings is 1. The minimum atomic E-state index is -3.19. The van der Waals surface area contributed by atoms with E-state index in [1.807, 2.05) is 0 Å². The molecule has 0 aliphatic heterocycles. The highest BCUT2D eigenvalue weighted by molar-refractivity contribution is 7.92. The van der Waals surface area contributed by atoms with Crippen LogP contribution in [0.1, 0.15) is 5.56 Å². The fraction of sp³-hybridized carbons (Fsp3) is 0.200. The molecule has 0 aliphatic rings. The lowest BCUT2D eigenvalue weighted by atomic mass is 10.1. The van der Waals surface area contributed by atoms with Gasteiger partial charge in [0.05, 0.1) is 6.26 Å². The standard InChI is InChI=1S/C10H11NO2S/c1-3-4-9-5-7-10(8-6-9)11-14(2,12)13/h1,5-8,11H,4H2,2H3. The third-order valence-electron chi connectivity index (χ3n) is 1.56. The van der Waals surface area contributed by atoms with Gasteiger partial charge in [0.15, 0.2) is 0 Å². The van der Waals surface area contributed by atoms with Crippen molar-refractivity contribution in [2.24, 2.45) is 0 Å². The van der Waals surface area contributed by atoms with Gasteiger partial charge in [-0.1, -0.05) is 12.1 Å². The normalized spacial score (nSPS) is 10.6. The third kappa shape index (κ3) is 3.50. The van der Waals surface area contributed by atoms with Crippen molar-refractivity contribution < 1.29 is 8.42 Å². The Balaban J connectivity index is 2.80. The number of rotatable bonds is 3. The first-order chi connectivity index (χ1) is 6.51. The highest BCUT2D eigenvalue weighted by atomic mass is 32.2. The molecule has 0 heterocycles. The van der Waals surface area contributed by atoms with Crippen LogP contribution in [0.3, 0.4) is 0 Å². The zero-order chi connectivity index (χ0) is 10.6. The molecule has 1 aromatic rings. The number of nitrogens with one attached hydrogen (secondary N) is 1. The van der Waals surface area contributed by atoms with Gasteiger partial charge in [-0.15, -0.1) is 12.3 Å². The first-order valence-corrected chi connectivity index (χ1v) is 5.90. The lowest BCUT2D eigenvalue weighted by Crippen LogP contribution is -2.09. The van der Waals surface area contributed by atoms with Crippen LogP contribution in [0.25, 0.3) is 0 Å². The van der Waals surface area contributed by atoms with Crippen molar-refractivity contribution in [1.82, 2.24) is 0 Å². The first kappa shape index (κ1) is 10.6. The van der Waals surface area contributed by atoms with E-state index >= 15 is 0 Å². The Morgan fingerprint density at radius 1 is 1.36 bits per heavy atom. The van der Waals surface area contributed by atoms with Gasteiger partial charge in [0, 0.05) is 12.1 Å². The van der Waals surface area contributed by atoms with Crippen LogP contribution in [-0.4, -0.2) is 14.7 Å². The Morgan fingerprint density at radius 3 is 2.36 bits per heavy atom. The maximum Gasteiger partial charge on any atom is 0.229 e. The molecule has 14 heavy (non-hydrogen) atoms. The SMILES string of the molecule is C#CCc1ccc(NS(C)(=O)=O)cc1. The van der Waals surface area contributed by atoms with Gasteiger partial charge in [-0.25, -0.2) is 8.42 Å². The van der Waals surface area contributed by atoms with Gasteiger partial charge in [-0.3, -0.25) is 4.72 Å². The predicted octanol–water partition coefficient (Wildman–Crippen LogP) is 1.23. The van der Waals surface area contributed by atoms with Gasteiger partial charge < -0.3 is 0 Å². The molecule has 0 radical (unpaired) electrons. The minimum Gasteiger partial charge on any atom is -0.284 e. The Labute approximate surface area is 84.2 Å². The van der Waals surface area contributed by atoms with E-state index in [4.69, 9.17) is 6.42 Å². The molecule has 4 heteroatoms. The van der Waals surface area contributed by atoms with Crippen LogP contribution in [0.15, 0.2) is 24.3 Å². The van der Waals surface area contributed by atoms with E-state index in [0.29, 0.717) is 12.1 Å². The van der Waals surface area contributed by atoms with E-state index < -0.39 is 10.0 Å². The van der Waals surface area contributed by atoms with Crippen molar-refractivity contribution >= 4 is 15.7 Å². The average molecular weight is 209 g/mol. The molecule has 3 nitrogen and oxygen atoms in total. The zero-order valence-corrected chi connectivity index (χ0v) is 8.64. The molecule has 0 spiro atoms. The Kier molecular flexibility index (Phi) is 3.15. The Morgan fingerprint density at radius 2 is 1.93 bits per heavy atom. The van der Waals surface area contributed by atoms with Crippen molar-refractivity contribution in [3.63, 3.8) is 0 Å². The summed E-state index contributed by atoms with van der Waals surface area (Å²) < 4.78 is 24.1. The fourth-order valence-corrected chi connectivity index (χ4v) is 1.59. The van der Waals surface area contributed by atoms with Crippen LogP contribution in [0.2, 0.25) is 0 Å². The largest absolute Gasteiger partial charge is 0.284 e. The van der Waals surface area contributed by atoms with Gasteiger partial charge in [0.2, 0.25) is 10.0 Å². The second-order valence-corrected chi connectivity index (χ2v) is 4.70. The van der Waals surface area contributed by atoms with Gasteiger partial charge in [-0.2, -0.15) is 0 Å². The Hall–Kier alpha value is -1.47. The topological polar surface area (TPSA) is 46.2 Å². The van der Waals surface area contributed by atoms with Crippen molar-refractivity contribution in [2.45, 2.75) is 6.42 Å². The molecule has 0 fully saturated rings. The van der Waals surface area contributed by atoms with E-state index in [0.717, 1.165) is 11.8 Å². The molecule has 1 rings (SSSR count). The fourth-order valence-electron chi connectivity index (χ4n) is 1.02. The molecule has 0 saturated carbocycles. The summed E-state index contributed by atoms with van der Waals surface area (Å²) in [5.41, 5.74) is 1.54. The van der Waals surface area contributed by atoms with Gasteiger partial charge in [0.25, 0.3) is 0 Å². The summed E-state index contributed by atoms with van der Waals surface area (Å²) in [6.45, 7) is 0. The van der Waals surface area contributed by atoms with Crippen LogP contribution < -0.4 is 4.72 Å². The molecule has 0 saturated heterocycles. The first-order valence-electron chi connectivity index (χ1n) is 4.01. The molecule has 0 unspecified atom stereocenters. The number of terminal acetylenes is 1. The molecule has 0 aromatic heterocycles. The summed E-state index contributed by atoms with van der Waals surface area (Å²) in [5, 5.41) is 0. The van der Waals surface area contributed by atoms with Crippen LogP contribution in [0, 0.1) is 12.3 Å². The van der Waals surface area contributed by atoms with E-state index in [9.17, 15) is 8.42 Å². The molecule has 1 N–H and O–H groups in total. The second-order valence-electron chi connectivity index (χ2n) is 2.95. The number of sulfonamides is 1. The third-order valence-corrected chi connectivity index (χ3v) is 2.17. The smallest absolute Gasteiger partial charge is 0.229 e. The monoisotopic (exact) mass is 209 g/mol. The number of hydrogen-bond acceptors (Lipinski definition) is 2. The Bertz CT molecular complexity index is 440. The molecule has 0 amide bonds. The van der Waals surface area contributed by atoms with E-state index in [-0.39, 0.29) is 0 Å². The molecule has 0 bridgehead atoms. The molecular weight excluding hydrogens is 198 g/mol. The maximum atomic E-state index is 10.9. The van der Waals surface area contributed by atoms with Crippen LogP contribution in [0.4, 0.5) is 5.69 Å². The van der Waals surface area contributed by atoms with Crippen molar-refractivity contribution in [1.29, 1.82) is 0 Å². The van der Waals surface area contributed by atoms with E-state index in [1.54, 1.807) is 24.3 Å². The molecule has 74 valence electrons. The highest BCUT2D eigenvalue weighted by Gasteiger charge is 2.00. The van der Waals surface area contributed by atoms with Gasteiger partial charge in [0.1, 0.15) is 0 Å². The summed E-state index contributed by atoms with van der Waals surface area (Å²) in [4.78, 5) is 0. The van der Waals surface area contributed by atoms with E-state index in [2.05, 4.69) is 10.6 Å². The van der Waals surface area contributed by atoms with Gasteiger partial charge >= 0.3 is 0 Å². The predicted molar refractivity (Wildman–Crippen MR) is 57.4 cm³/mol. The molecule has 0 aliphatic carbocycles. The zero-order valence-electron chi connectivity index (χ0n) is 7.82. The van der Waals surface area contributed by atoms with E-state index in [1.165, 1.54) is 0 Å². The maximum absolute atomic E-state index is 10.9. The van der Waals surface area contributed by atoms with Crippen molar-refractivity contribution in [2.75, 3.05) is 11.0 Å². The van der Waals surface area contributed by atoms with Crippen molar-refractivity contribution in [3.8, 4) is 12.3 Å². The molecule has 1 aromatic carbocycles. The highest BCUT2D eigenvalue weighted by Crippen LogP contribution is 2.10. The van der Waals surface area contributed by atoms with Crippen LogP contribution >= 0.6 is 0 Å². The summed E-state index contributed by atoms with van der Waals surface area (Å²) in [6.07, 6.45) is 6.81. The van der Waals surface area contributed by atoms with Crippen LogP contribution in [0.5, 0.6) is 0 Å². The lowest BCUT2D eigenvalue weighted by Gasteiger charge is -2.03. The summed E-state index contributed by atoms with van der Waals surface area (Å²) >= 11 is 0. The second kappa shape index (κ2) is 4.16. The van der Waals surface area contributed by atoms with Gasteiger partial charge in [-0.05, 0) is 17.7 Å². The van der Waals surface area contributed by atoms with Crippen molar-refractivity contribution in [3.05, 3.63) is 29.8 Å². The summed E-state index contributed by atoms with van der Waals surface area (Å²) in [6, 6.07) is 6.97. The number of anilines is 1. The molecule has 0 atom stereocenters. The average Bonchev–Trinajstić information content (AvgIpc) is 2.06. The quantitative estimate of drug-likeness (QED) is 0.761. The number of hydrogen-bond donors (Lipinski definition) is 1. The lowest BCUT2D eigenvalue weighted by molar-refractivity contribution is 0.607. The summed E-state index contributed by atoms with van der Waals surface area (Å²) in [7, 11) is -3.19.